The number of hydrogen-bond donors (Lipinski definition) is 3. The number of aromatic nitrogens is 1. The number of ether oxygens (including phenoxy) is 1. The average Bonchev–Trinajstić information content (AvgIpc) is 2.86. The first-order valence-corrected chi connectivity index (χ1v) is 6.17. The highest BCUT2D eigenvalue weighted by Gasteiger charge is 2.21. The topological polar surface area (TPSA) is 118 Å². The van der Waals surface area contributed by atoms with Crippen molar-refractivity contribution in [2.45, 2.75) is 18.9 Å². The van der Waals surface area contributed by atoms with Gasteiger partial charge >= 0.3 is 18.0 Å². The Hall–Kier alpha value is -2.16. The number of carboxylic acids is 1. The van der Waals surface area contributed by atoms with Crippen LogP contribution in [0.25, 0.3) is 0 Å². The molecule has 1 atom stereocenters. The van der Waals surface area contributed by atoms with E-state index in [1.54, 1.807) is 5.38 Å². The third-order valence-corrected chi connectivity index (χ3v) is 2.81. The first-order chi connectivity index (χ1) is 9.02. The molecule has 1 aromatic rings. The molecule has 1 rings (SSSR count). The summed E-state index contributed by atoms with van der Waals surface area (Å²) in [5, 5.41) is 15.6. The van der Waals surface area contributed by atoms with E-state index in [1.807, 2.05) is 0 Å². The van der Waals surface area contributed by atoms with Crippen molar-refractivity contribution in [1.29, 1.82) is 0 Å². The van der Waals surface area contributed by atoms with Crippen LogP contribution in [0.5, 0.6) is 0 Å². The summed E-state index contributed by atoms with van der Waals surface area (Å²) in [4.78, 5) is 37.2. The normalized spacial score (nSPS) is 11.4. The number of nitrogens with zero attached hydrogens (tertiary/aromatic N) is 1. The van der Waals surface area contributed by atoms with Crippen molar-refractivity contribution in [3.63, 3.8) is 0 Å². The molecule has 0 saturated heterocycles. The smallest absolute Gasteiger partial charge is 0.326 e. The van der Waals surface area contributed by atoms with E-state index in [-0.39, 0.29) is 12.8 Å². The molecule has 0 aliphatic rings. The standard InChI is InChI=1S/C10H13N3O5S/c1-18-7(14)3-2-6(8(15)16)12-9(17)13-10-11-4-5-19-10/h4-6H,2-3H2,1H3,(H,15,16)(H2,11,12,13,17)/t6-/m1/s1. The number of nitrogens with one attached hydrogen (secondary N) is 2. The van der Waals surface area contributed by atoms with Gasteiger partial charge in [-0.15, -0.1) is 11.3 Å². The quantitative estimate of drug-likeness (QED) is 0.662. The van der Waals surface area contributed by atoms with E-state index in [0.717, 1.165) is 0 Å². The Kier molecular flexibility index (Phi) is 5.73. The lowest BCUT2D eigenvalue weighted by atomic mass is 10.1. The number of carboxylic acid groups (broad SMARTS) is 1. The van der Waals surface area contributed by atoms with E-state index in [4.69, 9.17) is 5.11 Å². The van der Waals surface area contributed by atoms with Gasteiger partial charge in [0.05, 0.1) is 7.11 Å². The van der Waals surface area contributed by atoms with Crippen LogP contribution >= 0.6 is 11.3 Å². The summed E-state index contributed by atoms with van der Waals surface area (Å²) in [6, 6.07) is -1.86. The van der Waals surface area contributed by atoms with Crippen LogP contribution in [-0.2, 0) is 14.3 Å². The lowest BCUT2D eigenvalue weighted by molar-refractivity contribution is -0.142. The summed E-state index contributed by atoms with van der Waals surface area (Å²) in [7, 11) is 1.21. The highest BCUT2D eigenvalue weighted by molar-refractivity contribution is 7.13. The number of rotatable bonds is 6. The number of esters is 1. The molecule has 2 amide bonds. The minimum Gasteiger partial charge on any atom is -0.480 e. The molecule has 0 bridgehead atoms. The molecule has 1 heterocycles. The second-order valence-corrected chi connectivity index (χ2v) is 4.34. The number of methoxy groups -OCH3 is 1. The molecule has 0 aliphatic heterocycles. The van der Waals surface area contributed by atoms with Crippen LogP contribution < -0.4 is 10.6 Å². The van der Waals surface area contributed by atoms with Gasteiger partial charge in [0.1, 0.15) is 6.04 Å². The molecule has 1 aromatic heterocycles. The molecule has 104 valence electrons. The van der Waals surface area contributed by atoms with Crippen molar-refractivity contribution < 1.29 is 24.2 Å². The van der Waals surface area contributed by atoms with E-state index in [0.29, 0.717) is 5.13 Å². The van der Waals surface area contributed by atoms with E-state index >= 15 is 0 Å². The maximum Gasteiger partial charge on any atom is 0.326 e. The van der Waals surface area contributed by atoms with E-state index < -0.39 is 24.0 Å². The van der Waals surface area contributed by atoms with E-state index in [9.17, 15) is 14.4 Å². The molecule has 0 aromatic carbocycles. The van der Waals surface area contributed by atoms with E-state index in [2.05, 4.69) is 20.4 Å². The van der Waals surface area contributed by atoms with Crippen molar-refractivity contribution in [1.82, 2.24) is 10.3 Å². The van der Waals surface area contributed by atoms with Crippen molar-refractivity contribution in [2.75, 3.05) is 12.4 Å². The second kappa shape index (κ2) is 7.31. The summed E-state index contributed by atoms with van der Waals surface area (Å²) in [6.07, 6.45) is 1.37. The van der Waals surface area contributed by atoms with Gasteiger partial charge in [0.25, 0.3) is 0 Å². The monoisotopic (exact) mass is 287 g/mol. The third kappa shape index (κ3) is 5.34. The highest BCUT2D eigenvalue weighted by atomic mass is 32.1. The molecule has 0 fully saturated rings. The summed E-state index contributed by atoms with van der Waals surface area (Å²) in [5.74, 6) is -1.76. The average molecular weight is 287 g/mol. The SMILES string of the molecule is COC(=O)CC[C@@H](NC(=O)Nc1nccs1)C(=O)O. The van der Waals surface area contributed by atoms with E-state index in [1.165, 1.54) is 24.6 Å². The first-order valence-electron chi connectivity index (χ1n) is 5.29. The lowest BCUT2D eigenvalue weighted by Gasteiger charge is -2.13. The lowest BCUT2D eigenvalue weighted by Crippen LogP contribution is -2.43. The molecular weight excluding hydrogens is 274 g/mol. The number of thiazole rings is 1. The van der Waals surface area contributed by atoms with Crippen LogP contribution in [-0.4, -0.2) is 41.2 Å². The molecule has 0 spiro atoms. The second-order valence-electron chi connectivity index (χ2n) is 3.44. The zero-order valence-electron chi connectivity index (χ0n) is 10.1. The van der Waals surface area contributed by atoms with Crippen LogP contribution in [0, 0.1) is 0 Å². The zero-order valence-corrected chi connectivity index (χ0v) is 10.9. The number of carbonyl (C=O) groups excluding carboxylic acids is 2. The van der Waals surface area contributed by atoms with Gasteiger partial charge in [-0.2, -0.15) is 0 Å². The summed E-state index contributed by atoms with van der Waals surface area (Å²) in [5.41, 5.74) is 0. The molecule has 8 nitrogen and oxygen atoms in total. The largest absolute Gasteiger partial charge is 0.480 e. The van der Waals surface area contributed by atoms with Crippen LogP contribution in [0.1, 0.15) is 12.8 Å². The van der Waals surface area contributed by atoms with Crippen LogP contribution in [0.2, 0.25) is 0 Å². The Morgan fingerprint density at radius 1 is 1.53 bits per heavy atom. The van der Waals surface area contributed by atoms with Gasteiger partial charge < -0.3 is 15.2 Å². The summed E-state index contributed by atoms with van der Waals surface area (Å²) < 4.78 is 4.40. The molecule has 9 heteroatoms. The molecular formula is C10H13N3O5S. The number of urea groups is 1. The van der Waals surface area contributed by atoms with Gasteiger partial charge in [0, 0.05) is 18.0 Å². The molecule has 0 unspecified atom stereocenters. The summed E-state index contributed by atoms with van der Waals surface area (Å²) in [6.45, 7) is 0. The fourth-order valence-electron chi connectivity index (χ4n) is 1.20. The Labute approximate surface area is 112 Å². The van der Waals surface area contributed by atoms with Gasteiger partial charge in [0.15, 0.2) is 5.13 Å². The fourth-order valence-corrected chi connectivity index (χ4v) is 1.72. The van der Waals surface area contributed by atoms with Crippen LogP contribution in [0.4, 0.5) is 9.93 Å². The maximum absolute atomic E-state index is 11.5. The molecule has 3 N–H and O–H groups in total. The fraction of sp³-hybridized carbons (Fsp3) is 0.400. The van der Waals surface area contributed by atoms with Crippen molar-refractivity contribution >= 4 is 34.4 Å². The Morgan fingerprint density at radius 3 is 2.79 bits per heavy atom. The van der Waals surface area contributed by atoms with Gasteiger partial charge in [-0.25, -0.2) is 14.6 Å². The number of carbonyl (C=O) groups is 3. The van der Waals surface area contributed by atoms with Crippen LogP contribution in [0.15, 0.2) is 11.6 Å². The Balaban J connectivity index is 2.46. The Bertz CT molecular complexity index is 448. The number of amides is 2. The maximum atomic E-state index is 11.5. The predicted octanol–water partition coefficient (Wildman–Crippen LogP) is 0.671. The highest BCUT2D eigenvalue weighted by Crippen LogP contribution is 2.10. The van der Waals surface area contributed by atoms with Gasteiger partial charge in [-0.05, 0) is 6.42 Å². The first kappa shape index (κ1) is 14.9. The number of aliphatic carboxylic acids is 1. The predicted molar refractivity (Wildman–Crippen MR) is 66.9 cm³/mol. The minimum absolute atomic E-state index is 0.0483. The number of anilines is 1. The van der Waals surface area contributed by atoms with Gasteiger partial charge in [0.2, 0.25) is 0 Å². The van der Waals surface area contributed by atoms with Crippen LogP contribution in [0.3, 0.4) is 0 Å². The minimum atomic E-state index is -1.22. The van der Waals surface area contributed by atoms with Crippen molar-refractivity contribution in [2.24, 2.45) is 0 Å². The molecule has 0 saturated carbocycles. The summed E-state index contributed by atoms with van der Waals surface area (Å²) >= 11 is 1.20. The van der Waals surface area contributed by atoms with Crippen molar-refractivity contribution in [3.8, 4) is 0 Å². The molecule has 0 aliphatic carbocycles. The number of hydrogen-bond acceptors (Lipinski definition) is 6. The zero-order chi connectivity index (χ0) is 14.3. The third-order valence-electron chi connectivity index (χ3n) is 2.12. The van der Waals surface area contributed by atoms with Crippen molar-refractivity contribution in [3.05, 3.63) is 11.6 Å². The van der Waals surface area contributed by atoms with Gasteiger partial charge in [-0.3, -0.25) is 10.1 Å². The molecule has 0 radical (unpaired) electrons. The Morgan fingerprint density at radius 2 is 2.26 bits per heavy atom. The molecule has 19 heavy (non-hydrogen) atoms. The van der Waals surface area contributed by atoms with Gasteiger partial charge in [-0.1, -0.05) is 0 Å².